The number of carbonyl (C=O) groups excluding carboxylic acids is 2. The maximum atomic E-state index is 11.8. The largest absolute Gasteiger partial charge is 0.454 e. The molecule has 0 atom stereocenters. The molecule has 2 amide bonds. The third-order valence-electron chi connectivity index (χ3n) is 3.44. The molecular weight excluding hydrogens is 332 g/mol. The van der Waals surface area contributed by atoms with Crippen molar-refractivity contribution >= 4 is 29.1 Å². The number of nitrogens with one attached hydrogen (secondary N) is 2. The average molecular weight is 347 g/mol. The van der Waals surface area contributed by atoms with Crippen molar-refractivity contribution in [1.82, 2.24) is 5.32 Å². The molecule has 2 aromatic carbocycles. The van der Waals surface area contributed by atoms with Gasteiger partial charge in [0.2, 0.25) is 6.79 Å². The summed E-state index contributed by atoms with van der Waals surface area (Å²) >= 11 is 5.76. The molecule has 0 fully saturated rings. The lowest BCUT2D eigenvalue weighted by molar-refractivity contribution is -0.136. The Morgan fingerprint density at radius 1 is 1.00 bits per heavy atom. The van der Waals surface area contributed by atoms with Gasteiger partial charge in [0.15, 0.2) is 11.5 Å². The quantitative estimate of drug-likeness (QED) is 0.833. The number of benzene rings is 2. The summed E-state index contributed by atoms with van der Waals surface area (Å²) in [6.45, 7) is 0.562. The molecule has 6 nitrogen and oxygen atoms in total. The van der Waals surface area contributed by atoms with Gasteiger partial charge in [-0.25, -0.2) is 0 Å². The first-order valence-electron chi connectivity index (χ1n) is 7.35. The number of amides is 2. The number of fused-ring (bicyclic) bond motifs is 1. The molecule has 0 unspecified atom stereocenters. The van der Waals surface area contributed by atoms with Gasteiger partial charge in [0.05, 0.1) is 0 Å². The van der Waals surface area contributed by atoms with Crippen molar-refractivity contribution in [2.75, 3.05) is 18.7 Å². The van der Waals surface area contributed by atoms with Crippen LogP contribution in [0.1, 0.15) is 5.56 Å². The van der Waals surface area contributed by atoms with Crippen molar-refractivity contribution in [3.05, 3.63) is 53.1 Å². The fourth-order valence-electron chi connectivity index (χ4n) is 2.22. The Hall–Kier alpha value is -2.73. The third kappa shape index (κ3) is 3.97. The normalized spacial score (nSPS) is 11.9. The summed E-state index contributed by atoms with van der Waals surface area (Å²) in [4.78, 5) is 23.6. The van der Waals surface area contributed by atoms with E-state index in [-0.39, 0.29) is 6.79 Å². The molecule has 24 heavy (non-hydrogen) atoms. The first-order chi connectivity index (χ1) is 11.6. The summed E-state index contributed by atoms with van der Waals surface area (Å²) < 4.78 is 10.5. The third-order valence-corrected chi connectivity index (χ3v) is 3.70. The van der Waals surface area contributed by atoms with E-state index in [4.69, 9.17) is 21.1 Å². The van der Waals surface area contributed by atoms with Gasteiger partial charge in [-0.15, -0.1) is 0 Å². The molecule has 124 valence electrons. The summed E-state index contributed by atoms with van der Waals surface area (Å²) in [5.74, 6) is -0.00172. The van der Waals surface area contributed by atoms with Gasteiger partial charge in [0, 0.05) is 17.3 Å². The van der Waals surface area contributed by atoms with Crippen LogP contribution in [0.5, 0.6) is 11.5 Å². The van der Waals surface area contributed by atoms with E-state index in [1.807, 2.05) is 18.2 Å². The van der Waals surface area contributed by atoms with Gasteiger partial charge >= 0.3 is 11.8 Å². The molecule has 1 heterocycles. The summed E-state index contributed by atoms with van der Waals surface area (Å²) in [6, 6.07) is 12.1. The SMILES string of the molecule is O=C(NCCc1ccc2c(c1)OCO2)C(=O)Nc1ccc(Cl)cc1. The Balaban J connectivity index is 1.46. The number of rotatable bonds is 4. The molecule has 1 aliphatic rings. The summed E-state index contributed by atoms with van der Waals surface area (Å²) in [5.41, 5.74) is 1.49. The van der Waals surface area contributed by atoms with Crippen LogP contribution in [0.25, 0.3) is 0 Å². The van der Waals surface area contributed by atoms with Gasteiger partial charge in [-0.3, -0.25) is 9.59 Å². The van der Waals surface area contributed by atoms with E-state index in [0.717, 1.165) is 5.56 Å². The summed E-state index contributed by atoms with van der Waals surface area (Å²) in [5, 5.41) is 5.64. The highest BCUT2D eigenvalue weighted by atomic mass is 35.5. The number of anilines is 1. The number of ether oxygens (including phenoxy) is 2. The van der Waals surface area contributed by atoms with Crippen molar-refractivity contribution in [3.63, 3.8) is 0 Å². The van der Waals surface area contributed by atoms with Crippen molar-refractivity contribution < 1.29 is 19.1 Å². The topological polar surface area (TPSA) is 76.7 Å². The summed E-state index contributed by atoms with van der Waals surface area (Å²) in [7, 11) is 0. The highest BCUT2D eigenvalue weighted by Crippen LogP contribution is 2.32. The lowest BCUT2D eigenvalue weighted by Gasteiger charge is -2.07. The molecule has 2 aromatic rings. The van der Waals surface area contributed by atoms with Gasteiger partial charge in [0.25, 0.3) is 0 Å². The Bertz CT molecular complexity index is 762. The van der Waals surface area contributed by atoms with Gasteiger partial charge in [-0.05, 0) is 48.4 Å². The molecule has 0 saturated carbocycles. The van der Waals surface area contributed by atoms with Gasteiger partial charge in [0.1, 0.15) is 0 Å². The predicted octanol–water partition coefficient (Wildman–Crippen LogP) is 2.37. The van der Waals surface area contributed by atoms with Crippen molar-refractivity contribution in [1.29, 1.82) is 0 Å². The minimum atomic E-state index is -0.719. The molecule has 0 saturated heterocycles. The minimum absolute atomic E-state index is 0.223. The Kier molecular flexibility index (Phi) is 4.86. The molecule has 0 bridgehead atoms. The molecule has 0 aromatic heterocycles. The van der Waals surface area contributed by atoms with E-state index in [1.54, 1.807) is 24.3 Å². The number of hydrogen-bond donors (Lipinski definition) is 2. The average Bonchev–Trinajstić information content (AvgIpc) is 3.04. The first kappa shape index (κ1) is 16.1. The van der Waals surface area contributed by atoms with E-state index in [9.17, 15) is 9.59 Å². The molecule has 2 N–H and O–H groups in total. The molecule has 0 spiro atoms. The Morgan fingerprint density at radius 2 is 1.75 bits per heavy atom. The number of hydrogen-bond acceptors (Lipinski definition) is 4. The van der Waals surface area contributed by atoms with Crippen LogP contribution in [0, 0.1) is 0 Å². The van der Waals surface area contributed by atoms with Crippen LogP contribution in [-0.4, -0.2) is 25.2 Å². The monoisotopic (exact) mass is 346 g/mol. The second-order valence-corrected chi connectivity index (χ2v) is 5.59. The Labute approximate surface area is 143 Å². The van der Waals surface area contributed by atoms with E-state index >= 15 is 0 Å². The van der Waals surface area contributed by atoms with Crippen molar-refractivity contribution in [3.8, 4) is 11.5 Å². The van der Waals surface area contributed by atoms with Gasteiger partial charge in [-0.1, -0.05) is 17.7 Å². The summed E-state index contributed by atoms with van der Waals surface area (Å²) in [6.07, 6.45) is 0.580. The zero-order chi connectivity index (χ0) is 16.9. The van der Waals surface area contributed by atoms with E-state index in [1.165, 1.54) is 0 Å². The second kappa shape index (κ2) is 7.23. The highest BCUT2D eigenvalue weighted by Gasteiger charge is 2.15. The smallest absolute Gasteiger partial charge is 0.313 e. The minimum Gasteiger partial charge on any atom is -0.454 e. The van der Waals surface area contributed by atoms with Crippen LogP contribution in [0.2, 0.25) is 5.02 Å². The lowest BCUT2D eigenvalue weighted by atomic mass is 10.1. The lowest BCUT2D eigenvalue weighted by Crippen LogP contribution is -2.36. The zero-order valence-corrected chi connectivity index (χ0v) is 13.4. The molecule has 7 heteroatoms. The van der Waals surface area contributed by atoms with Crippen LogP contribution in [0.3, 0.4) is 0 Å². The number of halogens is 1. The van der Waals surface area contributed by atoms with Crippen LogP contribution in [0.15, 0.2) is 42.5 Å². The fraction of sp³-hybridized carbons (Fsp3) is 0.176. The maximum absolute atomic E-state index is 11.8. The molecule has 0 radical (unpaired) electrons. The van der Waals surface area contributed by atoms with E-state index < -0.39 is 11.8 Å². The molecule has 3 rings (SSSR count). The fourth-order valence-corrected chi connectivity index (χ4v) is 2.34. The van der Waals surface area contributed by atoms with Crippen molar-refractivity contribution in [2.45, 2.75) is 6.42 Å². The standard InChI is InChI=1S/C17H15ClN2O4/c18-12-2-4-13(5-3-12)20-17(22)16(21)19-8-7-11-1-6-14-15(9-11)24-10-23-14/h1-6,9H,7-8,10H2,(H,19,21)(H,20,22). The van der Waals surface area contributed by atoms with Crippen LogP contribution in [-0.2, 0) is 16.0 Å². The van der Waals surface area contributed by atoms with E-state index in [0.29, 0.717) is 35.2 Å². The van der Waals surface area contributed by atoms with Crippen LogP contribution >= 0.6 is 11.6 Å². The Morgan fingerprint density at radius 3 is 2.54 bits per heavy atom. The molecule has 0 aliphatic carbocycles. The van der Waals surface area contributed by atoms with Crippen LogP contribution < -0.4 is 20.1 Å². The van der Waals surface area contributed by atoms with Crippen molar-refractivity contribution in [2.24, 2.45) is 0 Å². The zero-order valence-electron chi connectivity index (χ0n) is 12.7. The highest BCUT2D eigenvalue weighted by molar-refractivity contribution is 6.39. The van der Waals surface area contributed by atoms with Gasteiger partial charge in [-0.2, -0.15) is 0 Å². The first-order valence-corrected chi connectivity index (χ1v) is 7.73. The second-order valence-electron chi connectivity index (χ2n) is 5.15. The number of carbonyl (C=O) groups is 2. The van der Waals surface area contributed by atoms with Crippen LogP contribution in [0.4, 0.5) is 5.69 Å². The molecular formula is C17H15ClN2O4. The molecule has 1 aliphatic heterocycles. The predicted molar refractivity (Wildman–Crippen MR) is 89.4 cm³/mol. The van der Waals surface area contributed by atoms with Gasteiger partial charge < -0.3 is 20.1 Å². The maximum Gasteiger partial charge on any atom is 0.313 e. The van der Waals surface area contributed by atoms with E-state index in [2.05, 4.69) is 10.6 Å².